The second-order valence-corrected chi connectivity index (χ2v) is 9.97. The van der Waals surface area contributed by atoms with Gasteiger partial charge in [0, 0.05) is 13.1 Å². The Bertz CT molecular complexity index is 1180. The molecule has 7 nitrogen and oxygen atoms in total. The Morgan fingerprint density at radius 3 is 2.23 bits per heavy atom. The number of hydrogen-bond donors (Lipinski definition) is 1. The lowest BCUT2D eigenvalue weighted by Crippen LogP contribution is -2.35. The number of furan rings is 1. The topological polar surface area (TPSA) is 76.2 Å². The SMILES string of the molecule is CC(Sc1nnc(N2CCCC2)n1Cc1ccco1)C(=O)NC(c1ccccc1)c1ccccc1. The van der Waals surface area contributed by atoms with Crippen molar-refractivity contribution in [1.29, 1.82) is 0 Å². The highest BCUT2D eigenvalue weighted by atomic mass is 32.2. The first kappa shape index (κ1) is 23.2. The Labute approximate surface area is 209 Å². The first-order chi connectivity index (χ1) is 17.2. The van der Waals surface area contributed by atoms with E-state index in [-0.39, 0.29) is 17.2 Å². The highest BCUT2D eigenvalue weighted by Crippen LogP contribution is 2.29. The minimum atomic E-state index is -0.365. The van der Waals surface area contributed by atoms with Crippen molar-refractivity contribution in [2.45, 2.75) is 42.8 Å². The fraction of sp³-hybridized carbons (Fsp3) is 0.296. The third kappa shape index (κ3) is 5.43. The van der Waals surface area contributed by atoms with E-state index < -0.39 is 0 Å². The third-order valence-electron chi connectivity index (χ3n) is 6.18. The maximum absolute atomic E-state index is 13.4. The molecule has 1 saturated heterocycles. The van der Waals surface area contributed by atoms with Crippen LogP contribution in [-0.2, 0) is 11.3 Å². The van der Waals surface area contributed by atoms with Crippen molar-refractivity contribution in [3.63, 3.8) is 0 Å². The number of nitrogens with zero attached hydrogens (tertiary/aromatic N) is 4. The molecule has 1 unspecified atom stereocenters. The number of thioether (sulfide) groups is 1. The Hall–Kier alpha value is -3.52. The number of aromatic nitrogens is 3. The highest BCUT2D eigenvalue weighted by molar-refractivity contribution is 8.00. The largest absolute Gasteiger partial charge is 0.467 e. The molecule has 4 aromatic rings. The smallest absolute Gasteiger partial charge is 0.234 e. The van der Waals surface area contributed by atoms with Crippen molar-refractivity contribution in [2.24, 2.45) is 0 Å². The van der Waals surface area contributed by atoms with Crippen LogP contribution in [0.2, 0.25) is 0 Å². The van der Waals surface area contributed by atoms with E-state index in [2.05, 4.69) is 25.0 Å². The van der Waals surface area contributed by atoms with E-state index in [0.29, 0.717) is 11.7 Å². The number of carbonyl (C=O) groups excluding carboxylic acids is 1. The van der Waals surface area contributed by atoms with E-state index in [1.807, 2.05) is 79.7 Å². The molecule has 1 amide bonds. The Balaban J connectivity index is 1.36. The summed E-state index contributed by atoms with van der Waals surface area (Å²) in [5.41, 5.74) is 2.09. The summed E-state index contributed by atoms with van der Waals surface area (Å²) in [4.78, 5) is 15.6. The minimum absolute atomic E-state index is 0.0528. The van der Waals surface area contributed by atoms with E-state index in [9.17, 15) is 4.79 Å². The van der Waals surface area contributed by atoms with Crippen molar-refractivity contribution in [3.8, 4) is 0 Å². The monoisotopic (exact) mass is 487 g/mol. The van der Waals surface area contributed by atoms with Crippen LogP contribution in [0.4, 0.5) is 5.95 Å². The zero-order chi connectivity index (χ0) is 24.0. The van der Waals surface area contributed by atoms with E-state index in [4.69, 9.17) is 4.42 Å². The predicted octanol–water partition coefficient (Wildman–Crippen LogP) is 4.91. The van der Waals surface area contributed by atoms with Gasteiger partial charge in [0.25, 0.3) is 0 Å². The number of nitrogens with one attached hydrogen (secondary N) is 1. The molecule has 2 aromatic heterocycles. The van der Waals surface area contributed by atoms with Gasteiger partial charge in [-0.05, 0) is 43.0 Å². The van der Waals surface area contributed by atoms with Gasteiger partial charge in [-0.2, -0.15) is 0 Å². The molecule has 1 atom stereocenters. The van der Waals surface area contributed by atoms with Crippen LogP contribution in [0.1, 0.15) is 42.7 Å². The molecular weight excluding hydrogens is 458 g/mol. The predicted molar refractivity (Wildman–Crippen MR) is 137 cm³/mol. The summed E-state index contributed by atoms with van der Waals surface area (Å²) in [5.74, 6) is 1.61. The van der Waals surface area contributed by atoms with Crippen LogP contribution < -0.4 is 10.2 Å². The number of hydrogen-bond acceptors (Lipinski definition) is 6. The van der Waals surface area contributed by atoms with Crippen LogP contribution in [0.15, 0.2) is 88.6 Å². The normalized spacial score (nSPS) is 14.4. The second-order valence-electron chi connectivity index (χ2n) is 8.67. The molecule has 1 aliphatic heterocycles. The molecular formula is C27H29N5O2S. The summed E-state index contributed by atoms with van der Waals surface area (Å²) in [7, 11) is 0. The highest BCUT2D eigenvalue weighted by Gasteiger charge is 2.26. The van der Waals surface area contributed by atoms with E-state index >= 15 is 0 Å². The molecule has 8 heteroatoms. The van der Waals surface area contributed by atoms with Gasteiger partial charge >= 0.3 is 0 Å². The summed E-state index contributed by atoms with van der Waals surface area (Å²) in [6.07, 6.45) is 3.97. The lowest BCUT2D eigenvalue weighted by atomic mass is 9.98. The Kier molecular flexibility index (Phi) is 7.18. The van der Waals surface area contributed by atoms with Gasteiger partial charge in [0.2, 0.25) is 11.9 Å². The quantitative estimate of drug-likeness (QED) is 0.338. The molecule has 0 radical (unpaired) electrons. The van der Waals surface area contributed by atoms with Crippen LogP contribution in [-0.4, -0.2) is 39.0 Å². The van der Waals surface area contributed by atoms with Gasteiger partial charge in [-0.1, -0.05) is 72.4 Å². The summed E-state index contributed by atoms with van der Waals surface area (Å²) in [6.45, 7) is 4.37. The standard InChI is InChI=1S/C27H29N5O2S/c1-20(25(33)28-24(21-11-4-2-5-12-21)22-13-6-3-7-14-22)35-27-30-29-26(31-16-8-9-17-31)32(27)19-23-15-10-18-34-23/h2-7,10-15,18,20,24H,8-9,16-17,19H2,1H3,(H,28,33). The summed E-state index contributed by atoms with van der Waals surface area (Å²) >= 11 is 1.42. The van der Waals surface area contributed by atoms with Gasteiger partial charge in [-0.15, -0.1) is 10.2 Å². The summed E-state index contributed by atoms with van der Waals surface area (Å²) < 4.78 is 7.66. The van der Waals surface area contributed by atoms with Crippen LogP contribution in [0, 0.1) is 0 Å². The van der Waals surface area contributed by atoms with Crippen LogP contribution in [0.3, 0.4) is 0 Å². The molecule has 0 saturated carbocycles. The molecule has 1 fully saturated rings. The second kappa shape index (κ2) is 10.8. The minimum Gasteiger partial charge on any atom is -0.467 e. The molecule has 5 rings (SSSR count). The molecule has 180 valence electrons. The van der Waals surface area contributed by atoms with Crippen LogP contribution >= 0.6 is 11.8 Å². The number of amides is 1. The first-order valence-corrected chi connectivity index (χ1v) is 12.8. The maximum Gasteiger partial charge on any atom is 0.234 e. The fourth-order valence-electron chi connectivity index (χ4n) is 4.34. The van der Waals surface area contributed by atoms with Gasteiger partial charge in [-0.25, -0.2) is 0 Å². The van der Waals surface area contributed by atoms with Crippen LogP contribution in [0.25, 0.3) is 0 Å². The average molecular weight is 488 g/mol. The molecule has 1 N–H and O–H groups in total. The molecule has 0 spiro atoms. The maximum atomic E-state index is 13.4. The molecule has 1 aliphatic rings. The number of anilines is 1. The third-order valence-corrected chi connectivity index (χ3v) is 7.26. The molecule has 0 aliphatic carbocycles. The van der Waals surface area contributed by atoms with Crippen molar-refractivity contribution in [1.82, 2.24) is 20.1 Å². The lowest BCUT2D eigenvalue weighted by molar-refractivity contribution is -0.120. The molecule has 2 aromatic carbocycles. The van der Waals surface area contributed by atoms with Gasteiger partial charge in [0.1, 0.15) is 5.76 Å². The van der Waals surface area contributed by atoms with E-state index in [1.54, 1.807) is 6.26 Å². The fourth-order valence-corrected chi connectivity index (χ4v) is 5.19. The van der Waals surface area contributed by atoms with Crippen molar-refractivity contribution >= 4 is 23.6 Å². The van der Waals surface area contributed by atoms with Gasteiger partial charge in [0.05, 0.1) is 24.1 Å². The molecule has 3 heterocycles. The van der Waals surface area contributed by atoms with E-state index in [0.717, 1.165) is 48.8 Å². The van der Waals surface area contributed by atoms with Crippen molar-refractivity contribution in [3.05, 3.63) is 95.9 Å². The van der Waals surface area contributed by atoms with Gasteiger partial charge < -0.3 is 14.6 Å². The van der Waals surface area contributed by atoms with Gasteiger partial charge in [-0.3, -0.25) is 9.36 Å². The van der Waals surface area contributed by atoms with Crippen molar-refractivity contribution in [2.75, 3.05) is 18.0 Å². The summed E-state index contributed by atoms with van der Waals surface area (Å²) in [6, 6.07) is 23.7. The zero-order valence-corrected chi connectivity index (χ0v) is 20.5. The molecule has 35 heavy (non-hydrogen) atoms. The number of rotatable bonds is 9. The van der Waals surface area contributed by atoms with Gasteiger partial charge in [0.15, 0.2) is 5.16 Å². The number of carbonyl (C=O) groups is 1. The average Bonchev–Trinajstić information content (AvgIpc) is 3.67. The molecule has 0 bridgehead atoms. The summed E-state index contributed by atoms with van der Waals surface area (Å²) in [5, 5.41) is 12.6. The van der Waals surface area contributed by atoms with E-state index in [1.165, 1.54) is 11.8 Å². The Morgan fingerprint density at radius 1 is 0.971 bits per heavy atom. The number of benzene rings is 2. The van der Waals surface area contributed by atoms with Crippen LogP contribution in [0.5, 0.6) is 0 Å². The Morgan fingerprint density at radius 2 is 1.63 bits per heavy atom. The zero-order valence-electron chi connectivity index (χ0n) is 19.7. The first-order valence-electron chi connectivity index (χ1n) is 12.0. The lowest BCUT2D eigenvalue weighted by Gasteiger charge is -2.22. The van der Waals surface area contributed by atoms with Crippen molar-refractivity contribution < 1.29 is 9.21 Å².